The lowest BCUT2D eigenvalue weighted by molar-refractivity contribution is 0.247. The fourth-order valence-corrected chi connectivity index (χ4v) is 1.50. The monoisotopic (exact) mass is 191 g/mol. The van der Waals surface area contributed by atoms with Gasteiger partial charge in [-0.1, -0.05) is 12.1 Å². The Labute approximate surface area is 84.5 Å². The summed E-state index contributed by atoms with van der Waals surface area (Å²) in [5.74, 6) is 0.913. The predicted molar refractivity (Wildman–Crippen MR) is 55.4 cm³/mol. The highest BCUT2D eigenvalue weighted by Crippen LogP contribution is 2.08. The van der Waals surface area contributed by atoms with E-state index in [1.165, 1.54) is 0 Å². The second-order valence-electron chi connectivity index (χ2n) is 3.40. The molecule has 1 aromatic rings. The van der Waals surface area contributed by atoms with E-state index in [1.807, 2.05) is 24.3 Å². The molecule has 1 fully saturated rings. The summed E-state index contributed by atoms with van der Waals surface area (Å²) in [5, 5.41) is 6.72. The topological polar surface area (TPSA) is 33.3 Å². The minimum absolute atomic E-state index is 0.424. The van der Waals surface area contributed by atoms with E-state index in [-0.39, 0.29) is 0 Å². The van der Waals surface area contributed by atoms with E-state index < -0.39 is 0 Å². The Hall–Kier alpha value is -1.06. The lowest BCUT2D eigenvalue weighted by Crippen LogP contribution is -2.50. The van der Waals surface area contributed by atoms with Crippen molar-refractivity contribution in [3.05, 3.63) is 30.3 Å². The molecule has 75 valence electrons. The van der Waals surface area contributed by atoms with E-state index in [1.54, 1.807) is 0 Å². The second kappa shape index (κ2) is 4.98. The lowest BCUT2D eigenvalue weighted by Gasteiger charge is -2.24. The van der Waals surface area contributed by atoms with E-state index in [4.69, 9.17) is 4.74 Å². The van der Waals surface area contributed by atoms with Gasteiger partial charge in [0.2, 0.25) is 0 Å². The first-order valence-electron chi connectivity index (χ1n) is 4.98. The molecule has 3 nitrogen and oxygen atoms in total. The van der Waals surface area contributed by atoms with Gasteiger partial charge >= 0.3 is 0 Å². The van der Waals surface area contributed by atoms with Gasteiger partial charge < -0.3 is 15.4 Å². The van der Waals surface area contributed by atoms with Gasteiger partial charge in [0.05, 0.1) is 6.04 Å². The number of nitrogens with one attached hydrogen (secondary N) is 2. The van der Waals surface area contributed by atoms with Crippen LogP contribution in [0.25, 0.3) is 0 Å². The van der Waals surface area contributed by atoms with E-state index in [2.05, 4.69) is 16.7 Å². The van der Waals surface area contributed by atoms with E-state index in [9.17, 15) is 0 Å². The molecule has 0 aromatic heterocycles. The van der Waals surface area contributed by atoms with Gasteiger partial charge in [-0.05, 0) is 18.2 Å². The number of benzene rings is 1. The Morgan fingerprint density at radius 3 is 2.93 bits per heavy atom. The Balaban J connectivity index is 1.76. The zero-order valence-electron chi connectivity index (χ0n) is 8.12. The highest BCUT2D eigenvalue weighted by Gasteiger charge is 2.11. The van der Waals surface area contributed by atoms with Gasteiger partial charge in [-0.2, -0.15) is 0 Å². The molecule has 3 heteroatoms. The summed E-state index contributed by atoms with van der Waals surface area (Å²) < 4.78 is 5.62. The summed E-state index contributed by atoms with van der Waals surface area (Å²) in [6.45, 7) is 3.78. The van der Waals surface area contributed by atoms with Gasteiger partial charge in [0, 0.05) is 19.6 Å². The molecule has 0 amide bonds. The van der Waals surface area contributed by atoms with Gasteiger partial charge in [-0.25, -0.2) is 0 Å². The van der Waals surface area contributed by atoms with Crippen molar-refractivity contribution in [2.45, 2.75) is 6.04 Å². The van der Waals surface area contributed by atoms with Crippen molar-refractivity contribution in [3.8, 4) is 5.75 Å². The first-order valence-corrected chi connectivity index (χ1v) is 4.98. The van der Waals surface area contributed by atoms with Gasteiger partial charge in [0.1, 0.15) is 12.4 Å². The molecule has 1 aromatic carbocycles. The molecule has 1 atom stereocenters. The average Bonchev–Trinajstić information content (AvgIpc) is 2.29. The van der Waals surface area contributed by atoms with Crippen LogP contribution in [-0.2, 0) is 0 Å². The third kappa shape index (κ3) is 2.72. The van der Waals surface area contributed by atoms with E-state index in [0.29, 0.717) is 6.04 Å². The van der Waals surface area contributed by atoms with Crippen LogP contribution in [-0.4, -0.2) is 32.3 Å². The summed E-state index contributed by atoms with van der Waals surface area (Å²) in [4.78, 5) is 0. The van der Waals surface area contributed by atoms with Crippen LogP contribution in [0.4, 0.5) is 0 Å². The average molecular weight is 191 g/mol. The minimum Gasteiger partial charge on any atom is -0.492 e. The number of hydrogen-bond donors (Lipinski definition) is 2. The first kappa shape index (κ1) is 9.49. The summed E-state index contributed by atoms with van der Waals surface area (Å²) in [7, 11) is 0. The highest BCUT2D eigenvalue weighted by atomic mass is 16.5. The number of ether oxygens (including phenoxy) is 1. The van der Waals surface area contributed by atoms with Crippen molar-refractivity contribution in [2.75, 3.05) is 26.2 Å². The molecule has 2 rings (SSSR count). The van der Waals surface area contributed by atoms with Crippen LogP contribution in [0, 0.1) is 6.07 Å². The normalized spacial score (nSPS) is 21.9. The van der Waals surface area contributed by atoms with Crippen molar-refractivity contribution in [1.82, 2.24) is 10.6 Å². The lowest BCUT2D eigenvalue weighted by atomic mass is 10.2. The highest BCUT2D eigenvalue weighted by molar-refractivity contribution is 5.20. The zero-order valence-corrected chi connectivity index (χ0v) is 8.12. The summed E-state index contributed by atoms with van der Waals surface area (Å²) in [6.07, 6.45) is 0. The van der Waals surface area contributed by atoms with Crippen molar-refractivity contribution in [3.63, 3.8) is 0 Å². The zero-order chi connectivity index (χ0) is 9.64. The Bertz CT molecular complexity index is 257. The maximum absolute atomic E-state index is 5.62. The Kier molecular flexibility index (Phi) is 3.38. The smallest absolute Gasteiger partial charge is 0.119 e. The molecule has 0 saturated carbocycles. The number of piperazine rings is 1. The molecule has 1 aliphatic rings. The van der Waals surface area contributed by atoms with Crippen LogP contribution >= 0.6 is 0 Å². The molecule has 0 spiro atoms. The minimum atomic E-state index is 0.424. The third-order valence-corrected chi connectivity index (χ3v) is 2.26. The summed E-state index contributed by atoms with van der Waals surface area (Å²) >= 11 is 0. The molecule has 1 saturated heterocycles. The second-order valence-corrected chi connectivity index (χ2v) is 3.40. The maximum atomic E-state index is 5.62. The Morgan fingerprint density at radius 1 is 1.36 bits per heavy atom. The van der Waals surface area contributed by atoms with Crippen molar-refractivity contribution in [2.24, 2.45) is 0 Å². The fourth-order valence-electron chi connectivity index (χ4n) is 1.50. The van der Waals surface area contributed by atoms with Crippen LogP contribution in [0.15, 0.2) is 24.3 Å². The van der Waals surface area contributed by atoms with Crippen molar-refractivity contribution >= 4 is 0 Å². The van der Waals surface area contributed by atoms with Crippen molar-refractivity contribution in [1.29, 1.82) is 0 Å². The molecular weight excluding hydrogens is 176 g/mol. The standard InChI is InChI=1S/C11H15N2O/c1-2-4-11(5-3-1)14-9-10-8-12-6-7-13-10/h2-5,10,12-13H,6-9H2. The van der Waals surface area contributed by atoms with Gasteiger partial charge in [0.25, 0.3) is 0 Å². The van der Waals surface area contributed by atoms with E-state index >= 15 is 0 Å². The van der Waals surface area contributed by atoms with Gasteiger partial charge in [-0.3, -0.25) is 0 Å². The molecule has 2 N–H and O–H groups in total. The summed E-state index contributed by atoms with van der Waals surface area (Å²) in [5.41, 5.74) is 0. The molecular formula is C11H15N2O. The molecule has 1 aliphatic heterocycles. The van der Waals surface area contributed by atoms with Crippen LogP contribution < -0.4 is 15.4 Å². The molecule has 1 unspecified atom stereocenters. The molecule has 1 radical (unpaired) electrons. The molecule has 1 heterocycles. The number of hydrogen-bond acceptors (Lipinski definition) is 3. The molecule has 0 bridgehead atoms. The predicted octanol–water partition coefficient (Wildman–Crippen LogP) is 0.427. The SMILES string of the molecule is [c]1ccc(OCC2CNCCN2)cc1. The summed E-state index contributed by atoms with van der Waals surface area (Å²) in [6, 6.07) is 11.0. The van der Waals surface area contributed by atoms with Crippen LogP contribution in [0.2, 0.25) is 0 Å². The van der Waals surface area contributed by atoms with Crippen LogP contribution in [0.1, 0.15) is 0 Å². The third-order valence-electron chi connectivity index (χ3n) is 2.26. The fraction of sp³-hybridized carbons (Fsp3) is 0.455. The largest absolute Gasteiger partial charge is 0.492 e. The Morgan fingerprint density at radius 2 is 2.21 bits per heavy atom. The number of rotatable bonds is 3. The molecule has 14 heavy (non-hydrogen) atoms. The van der Waals surface area contributed by atoms with Crippen molar-refractivity contribution < 1.29 is 4.74 Å². The van der Waals surface area contributed by atoms with E-state index in [0.717, 1.165) is 32.0 Å². The van der Waals surface area contributed by atoms with Crippen LogP contribution in [0.5, 0.6) is 5.75 Å². The van der Waals surface area contributed by atoms with Crippen LogP contribution in [0.3, 0.4) is 0 Å². The quantitative estimate of drug-likeness (QED) is 0.727. The van der Waals surface area contributed by atoms with Gasteiger partial charge in [0.15, 0.2) is 0 Å². The maximum Gasteiger partial charge on any atom is 0.119 e. The molecule has 0 aliphatic carbocycles. The van der Waals surface area contributed by atoms with Gasteiger partial charge in [-0.15, -0.1) is 0 Å². The first-order chi connectivity index (χ1) is 6.95.